The summed E-state index contributed by atoms with van der Waals surface area (Å²) in [6.07, 6.45) is 4.48. The van der Waals surface area contributed by atoms with E-state index in [1.54, 1.807) is 20.2 Å². The molecular formula is C21H25N5O3. The molecule has 0 N–H and O–H groups in total. The molecular weight excluding hydrogens is 370 g/mol. The Balaban J connectivity index is 1.99. The highest BCUT2D eigenvalue weighted by Crippen LogP contribution is 2.37. The molecule has 0 saturated heterocycles. The van der Waals surface area contributed by atoms with E-state index < -0.39 is 0 Å². The van der Waals surface area contributed by atoms with Gasteiger partial charge < -0.3 is 14.2 Å². The first-order valence-electron chi connectivity index (χ1n) is 9.71. The molecule has 0 radical (unpaired) electrons. The Hall–Kier alpha value is -3.29. The van der Waals surface area contributed by atoms with Crippen molar-refractivity contribution < 1.29 is 4.74 Å². The van der Waals surface area contributed by atoms with E-state index in [-0.39, 0.29) is 17.8 Å². The van der Waals surface area contributed by atoms with E-state index in [1.165, 1.54) is 9.13 Å². The maximum atomic E-state index is 13.2. The van der Waals surface area contributed by atoms with Crippen LogP contribution >= 0.6 is 0 Å². The monoisotopic (exact) mass is 395 g/mol. The molecule has 29 heavy (non-hydrogen) atoms. The molecule has 0 saturated carbocycles. The van der Waals surface area contributed by atoms with Crippen molar-refractivity contribution in [2.24, 2.45) is 7.05 Å². The van der Waals surface area contributed by atoms with Crippen LogP contribution in [0, 0.1) is 6.92 Å². The number of methoxy groups -OCH3 is 1. The molecule has 0 unspecified atom stereocenters. The van der Waals surface area contributed by atoms with Crippen LogP contribution in [0.15, 0.2) is 39.9 Å². The SMILES string of the molecule is CC=CCn1c(=O)c2c(nc3n2CCCN3c2cc(C)ccc2OC)n(C)c1=O. The Morgan fingerprint density at radius 1 is 1.24 bits per heavy atom. The third kappa shape index (κ3) is 2.95. The molecule has 8 nitrogen and oxygen atoms in total. The van der Waals surface area contributed by atoms with E-state index in [0.717, 1.165) is 30.0 Å². The van der Waals surface area contributed by atoms with Gasteiger partial charge in [0.05, 0.1) is 12.8 Å². The molecule has 1 aromatic carbocycles. The summed E-state index contributed by atoms with van der Waals surface area (Å²) in [6, 6.07) is 5.99. The summed E-state index contributed by atoms with van der Waals surface area (Å²) in [5.74, 6) is 1.40. The van der Waals surface area contributed by atoms with Gasteiger partial charge in [0.25, 0.3) is 5.56 Å². The molecule has 2 aromatic heterocycles. The lowest BCUT2D eigenvalue weighted by atomic mass is 10.1. The standard InChI is InChI=1S/C21H25N5O3/c1-5-6-10-26-19(27)17-18(23(3)21(26)28)22-20-24(11-7-12-25(17)20)15-13-14(2)8-9-16(15)29-4/h5-6,8-9,13H,7,10-12H2,1-4H3. The average Bonchev–Trinajstić information content (AvgIpc) is 3.12. The van der Waals surface area contributed by atoms with Crippen LogP contribution in [0.5, 0.6) is 5.75 Å². The van der Waals surface area contributed by atoms with Crippen LogP contribution in [-0.2, 0) is 20.1 Å². The maximum Gasteiger partial charge on any atom is 0.332 e. The van der Waals surface area contributed by atoms with Gasteiger partial charge in [-0.15, -0.1) is 0 Å². The zero-order valence-corrected chi connectivity index (χ0v) is 17.2. The third-order valence-corrected chi connectivity index (χ3v) is 5.37. The smallest absolute Gasteiger partial charge is 0.332 e. The first kappa shape index (κ1) is 19.0. The molecule has 4 rings (SSSR count). The molecule has 0 aliphatic carbocycles. The average molecular weight is 395 g/mol. The van der Waals surface area contributed by atoms with E-state index in [1.807, 2.05) is 36.6 Å². The van der Waals surface area contributed by atoms with Crippen molar-refractivity contribution in [3.8, 4) is 5.75 Å². The van der Waals surface area contributed by atoms with Gasteiger partial charge in [0.15, 0.2) is 11.2 Å². The summed E-state index contributed by atoms with van der Waals surface area (Å²) < 4.78 is 10.2. The second kappa shape index (κ2) is 7.27. The lowest BCUT2D eigenvalue weighted by Crippen LogP contribution is -2.39. The fourth-order valence-corrected chi connectivity index (χ4v) is 3.88. The van der Waals surface area contributed by atoms with Gasteiger partial charge in [-0.25, -0.2) is 4.79 Å². The van der Waals surface area contributed by atoms with Crippen molar-refractivity contribution in [3.05, 3.63) is 56.8 Å². The fourth-order valence-electron chi connectivity index (χ4n) is 3.88. The Labute approximate surface area is 168 Å². The minimum absolute atomic E-state index is 0.244. The van der Waals surface area contributed by atoms with Gasteiger partial charge in [-0.1, -0.05) is 18.2 Å². The summed E-state index contributed by atoms with van der Waals surface area (Å²) in [5.41, 5.74) is 2.21. The number of nitrogens with zero attached hydrogens (tertiary/aromatic N) is 5. The van der Waals surface area contributed by atoms with Crippen molar-refractivity contribution >= 4 is 22.8 Å². The summed E-state index contributed by atoms with van der Waals surface area (Å²) >= 11 is 0. The number of anilines is 2. The number of hydrogen-bond acceptors (Lipinski definition) is 5. The topological polar surface area (TPSA) is 74.3 Å². The number of rotatable bonds is 4. The number of aryl methyl sites for hydroxylation is 3. The molecule has 1 aliphatic rings. The van der Waals surface area contributed by atoms with Crippen molar-refractivity contribution in [3.63, 3.8) is 0 Å². The number of hydrogen-bond donors (Lipinski definition) is 0. The number of allylic oxidation sites excluding steroid dienone is 2. The summed E-state index contributed by atoms with van der Waals surface area (Å²) in [4.78, 5) is 32.7. The second-order valence-electron chi connectivity index (χ2n) is 7.24. The van der Waals surface area contributed by atoms with E-state index in [4.69, 9.17) is 9.72 Å². The van der Waals surface area contributed by atoms with E-state index in [0.29, 0.717) is 23.7 Å². The third-order valence-electron chi connectivity index (χ3n) is 5.37. The first-order valence-corrected chi connectivity index (χ1v) is 9.71. The van der Waals surface area contributed by atoms with E-state index in [2.05, 4.69) is 11.0 Å². The van der Waals surface area contributed by atoms with Crippen LogP contribution in [-0.4, -0.2) is 32.3 Å². The lowest BCUT2D eigenvalue weighted by molar-refractivity contribution is 0.414. The van der Waals surface area contributed by atoms with Crippen molar-refractivity contribution in [1.29, 1.82) is 0 Å². The minimum atomic E-state index is -0.365. The van der Waals surface area contributed by atoms with Crippen LogP contribution in [0.25, 0.3) is 11.2 Å². The first-order chi connectivity index (χ1) is 14.0. The number of imidazole rings is 1. The molecule has 0 bridgehead atoms. The van der Waals surface area contributed by atoms with Crippen LogP contribution in [0.1, 0.15) is 18.9 Å². The maximum absolute atomic E-state index is 13.2. The number of ether oxygens (including phenoxy) is 1. The van der Waals surface area contributed by atoms with Gasteiger partial charge in [-0.2, -0.15) is 4.98 Å². The summed E-state index contributed by atoms with van der Waals surface area (Å²) in [6.45, 7) is 5.56. The lowest BCUT2D eigenvalue weighted by Gasteiger charge is -2.30. The molecule has 8 heteroatoms. The quantitative estimate of drug-likeness (QED) is 0.634. The van der Waals surface area contributed by atoms with Gasteiger partial charge in [0.2, 0.25) is 5.95 Å². The van der Waals surface area contributed by atoms with E-state index >= 15 is 0 Å². The number of fused-ring (bicyclic) bond motifs is 3. The van der Waals surface area contributed by atoms with Gasteiger partial charge >= 0.3 is 5.69 Å². The normalized spacial score (nSPS) is 14.0. The highest BCUT2D eigenvalue weighted by molar-refractivity contribution is 5.78. The molecule has 3 heterocycles. The zero-order valence-electron chi connectivity index (χ0n) is 17.2. The summed E-state index contributed by atoms with van der Waals surface area (Å²) in [7, 11) is 3.30. The Morgan fingerprint density at radius 3 is 2.76 bits per heavy atom. The van der Waals surface area contributed by atoms with Crippen LogP contribution < -0.4 is 20.9 Å². The van der Waals surface area contributed by atoms with Crippen molar-refractivity contribution in [2.75, 3.05) is 18.6 Å². The summed E-state index contributed by atoms with van der Waals surface area (Å²) in [5, 5.41) is 0. The van der Waals surface area contributed by atoms with Gasteiger partial charge in [0.1, 0.15) is 5.75 Å². The van der Waals surface area contributed by atoms with Gasteiger partial charge in [0, 0.05) is 26.7 Å². The molecule has 0 spiro atoms. The molecule has 3 aromatic rings. The van der Waals surface area contributed by atoms with Crippen LogP contribution in [0.2, 0.25) is 0 Å². The Morgan fingerprint density at radius 2 is 2.03 bits per heavy atom. The number of aromatic nitrogens is 4. The zero-order chi connectivity index (χ0) is 20.7. The molecule has 0 amide bonds. The van der Waals surface area contributed by atoms with E-state index in [9.17, 15) is 9.59 Å². The minimum Gasteiger partial charge on any atom is -0.495 e. The molecule has 0 atom stereocenters. The number of benzene rings is 1. The highest BCUT2D eigenvalue weighted by Gasteiger charge is 2.28. The largest absolute Gasteiger partial charge is 0.495 e. The molecule has 0 fully saturated rings. The predicted molar refractivity (Wildman–Crippen MR) is 113 cm³/mol. The van der Waals surface area contributed by atoms with Crippen LogP contribution in [0.4, 0.5) is 11.6 Å². The van der Waals surface area contributed by atoms with Gasteiger partial charge in [-0.05, 0) is 38.0 Å². The van der Waals surface area contributed by atoms with Gasteiger partial charge in [-0.3, -0.25) is 13.9 Å². The second-order valence-corrected chi connectivity index (χ2v) is 7.24. The molecule has 1 aliphatic heterocycles. The molecule has 152 valence electrons. The Bertz CT molecular complexity index is 1230. The fraction of sp³-hybridized carbons (Fsp3) is 0.381. The van der Waals surface area contributed by atoms with Crippen LogP contribution in [0.3, 0.4) is 0 Å². The Kier molecular flexibility index (Phi) is 4.77. The van der Waals surface area contributed by atoms with Crippen molar-refractivity contribution in [2.45, 2.75) is 33.4 Å². The van der Waals surface area contributed by atoms with Crippen molar-refractivity contribution in [1.82, 2.24) is 18.7 Å². The highest BCUT2D eigenvalue weighted by atomic mass is 16.5. The predicted octanol–water partition coefficient (Wildman–Crippen LogP) is 2.33.